The van der Waals surface area contributed by atoms with E-state index in [0.29, 0.717) is 0 Å². The molecule has 1 aromatic heterocycles. The molecule has 0 aromatic carbocycles. The molecule has 1 N–H and O–H groups in total. The van der Waals surface area contributed by atoms with Crippen LogP contribution in [0.25, 0.3) is 0 Å². The maximum Gasteiger partial charge on any atom is 0.0624 e. The summed E-state index contributed by atoms with van der Waals surface area (Å²) in [6.45, 7) is 7.06. The van der Waals surface area contributed by atoms with Gasteiger partial charge in [0, 0.05) is 18.7 Å². The van der Waals surface area contributed by atoms with Crippen molar-refractivity contribution in [3.63, 3.8) is 0 Å². The van der Waals surface area contributed by atoms with E-state index in [9.17, 15) is 5.11 Å². The molecule has 1 unspecified atom stereocenters. The first-order valence-corrected chi connectivity index (χ1v) is 5.44. The maximum absolute atomic E-state index is 9.57. The minimum atomic E-state index is -0.235. The van der Waals surface area contributed by atoms with Crippen LogP contribution in [0.5, 0.6) is 0 Å². The summed E-state index contributed by atoms with van der Waals surface area (Å²) in [5.74, 6) is 0. The van der Waals surface area contributed by atoms with E-state index < -0.39 is 0 Å². The molecule has 0 spiro atoms. The second-order valence-corrected chi connectivity index (χ2v) is 3.56. The van der Waals surface area contributed by atoms with Gasteiger partial charge in [-0.3, -0.25) is 4.68 Å². The van der Waals surface area contributed by atoms with Crippen molar-refractivity contribution in [3.8, 4) is 0 Å². The number of aromatic nitrogens is 2. The Hall–Kier alpha value is -0.830. The summed E-state index contributed by atoms with van der Waals surface area (Å²) in [6, 6.07) is 2.10. The SMILES string of the molecule is CCc1cc(CC(O)CC)n(CC)n1. The van der Waals surface area contributed by atoms with Crippen LogP contribution < -0.4 is 0 Å². The smallest absolute Gasteiger partial charge is 0.0624 e. The Kier molecular flexibility index (Phi) is 4.14. The largest absolute Gasteiger partial charge is 0.393 e. The predicted molar refractivity (Wildman–Crippen MR) is 57.3 cm³/mol. The van der Waals surface area contributed by atoms with Crippen LogP contribution in [0, 0.1) is 0 Å². The Morgan fingerprint density at radius 1 is 1.43 bits per heavy atom. The van der Waals surface area contributed by atoms with E-state index >= 15 is 0 Å². The normalized spacial score (nSPS) is 13.1. The summed E-state index contributed by atoms with van der Waals surface area (Å²) in [4.78, 5) is 0. The first-order valence-electron chi connectivity index (χ1n) is 5.44. The lowest BCUT2D eigenvalue weighted by atomic mass is 10.1. The molecule has 1 atom stereocenters. The predicted octanol–water partition coefficient (Wildman–Crippen LogP) is 1.78. The molecule has 1 aromatic rings. The van der Waals surface area contributed by atoms with Gasteiger partial charge in [0.2, 0.25) is 0 Å². The fourth-order valence-electron chi connectivity index (χ4n) is 1.51. The van der Waals surface area contributed by atoms with Crippen LogP contribution >= 0.6 is 0 Å². The summed E-state index contributed by atoms with van der Waals surface area (Å²) in [5, 5.41) is 14.0. The van der Waals surface area contributed by atoms with E-state index in [1.807, 2.05) is 11.6 Å². The van der Waals surface area contributed by atoms with Crippen LogP contribution in [0.1, 0.15) is 38.6 Å². The van der Waals surface area contributed by atoms with Crippen LogP contribution in [0.2, 0.25) is 0 Å². The van der Waals surface area contributed by atoms with E-state index in [-0.39, 0.29) is 6.10 Å². The van der Waals surface area contributed by atoms with E-state index in [1.165, 1.54) is 0 Å². The molecule has 0 aliphatic rings. The highest BCUT2D eigenvalue weighted by Crippen LogP contribution is 2.09. The topological polar surface area (TPSA) is 38.0 Å². The summed E-state index contributed by atoms with van der Waals surface area (Å²) < 4.78 is 1.98. The van der Waals surface area contributed by atoms with Gasteiger partial charge < -0.3 is 5.11 Å². The minimum absolute atomic E-state index is 0.235. The van der Waals surface area contributed by atoms with Gasteiger partial charge in [0.05, 0.1) is 11.8 Å². The standard InChI is InChI=1S/C11H20N2O/c1-4-9-7-10(8-11(14)5-2)13(6-3)12-9/h7,11,14H,4-6,8H2,1-3H3. The molecule has 0 fully saturated rings. The highest BCUT2D eigenvalue weighted by Gasteiger charge is 2.09. The average Bonchev–Trinajstić information content (AvgIpc) is 2.60. The third-order valence-electron chi connectivity index (χ3n) is 2.49. The molecule has 0 amide bonds. The third-order valence-corrected chi connectivity index (χ3v) is 2.49. The number of aryl methyl sites for hydroxylation is 2. The van der Waals surface area contributed by atoms with E-state index in [2.05, 4.69) is 25.0 Å². The molecule has 80 valence electrons. The molecular formula is C11H20N2O. The van der Waals surface area contributed by atoms with Crippen LogP contribution in [0.15, 0.2) is 6.07 Å². The van der Waals surface area contributed by atoms with Gasteiger partial charge in [-0.2, -0.15) is 5.10 Å². The number of aliphatic hydroxyl groups is 1. The Balaban J connectivity index is 2.78. The van der Waals surface area contributed by atoms with Crippen molar-refractivity contribution in [2.45, 2.75) is 52.7 Å². The van der Waals surface area contributed by atoms with Crippen molar-refractivity contribution in [2.24, 2.45) is 0 Å². The Morgan fingerprint density at radius 3 is 2.64 bits per heavy atom. The number of aliphatic hydroxyl groups excluding tert-OH is 1. The van der Waals surface area contributed by atoms with Gasteiger partial charge >= 0.3 is 0 Å². The van der Waals surface area contributed by atoms with Gasteiger partial charge in [-0.05, 0) is 25.8 Å². The molecule has 0 saturated carbocycles. The molecule has 0 bridgehead atoms. The first-order chi connectivity index (χ1) is 6.71. The lowest BCUT2D eigenvalue weighted by molar-refractivity contribution is 0.168. The fraction of sp³-hybridized carbons (Fsp3) is 0.727. The molecule has 1 rings (SSSR count). The van der Waals surface area contributed by atoms with Gasteiger partial charge in [0.25, 0.3) is 0 Å². The third kappa shape index (κ3) is 2.58. The van der Waals surface area contributed by atoms with Gasteiger partial charge in [0.1, 0.15) is 0 Å². The molecular weight excluding hydrogens is 176 g/mol. The zero-order valence-corrected chi connectivity index (χ0v) is 9.32. The second kappa shape index (κ2) is 5.15. The molecule has 1 heterocycles. The zero-order valence-electron chi connectivity index (χ0n) is 9.32. The van der Waals surface area contributed by atoms with E-state index in [0.717, 1.165) is 37.2 Å². The Bertz CT molecular complexity index is 281. The zero-order chi connectivity index (χ0) is 10.6. The maximum atomic E-state index is 9.57. The second-order valence-electron chi connectivity index (χ2n) is 3.56. The van der Waals surface area contributed by atoms with Gasteiger partial charge in [-0.15, -0.1) is 0 Å². The number of hydrogen-bond acceptors (Lipinski definition) is 2. The Labute approximate surface area is 85.8 Å². The van der Waals surface area contributed by atoms with Crippen LogP contribution in [0.3, 0.4) is 0 Å². The molecule has 0 saturated heterocycles. The number of nitrogens with zero attached hydrogens (tertiary/aromatic N) is 2. The fourth-order valence-corrected chi connectivity index (χ4v) is 1.51. The van der Waals surface area contributed by atoms with Gasteiger partial charge in [-0.1, -0.05) is 13.8 Å². The number of hydrogen-bond donors (Lipinski definition) is 1. The minimum Gasteiger partial charge on any atom is -0.393 e. The Morgan fingerprint density at radius 2 is 2.14 bits per heavy atom. The number of rotatable bonds is 5. The molecule has 3 nitrogen and oxygen atoms in total. The van der Waals surface area contributed by atoms with Crippen LogP contribution in [-0.2, 0) is 19.4 Å². The van der Waals surface area contributed by atoms with Crippen LogP contribution in [0.4, 0.5) is 0 Å². The molecule has 0 aliphatic carbocycles. The highest BCUT2D eigenvalue weighted by molar-refractivity contribution is 5.11. The van der Waals surface area contributed by atoms with Crippen LogP contribution in [-0.4, -0.2) is 21.0 Å². The molecule has 0 aliphatic heterocycles. The van der Waals surface area contributed by atoms with Crippen molar-refractivity contribution in [1.82, 2.24) is 9.78 Å². The summed E-state index contributed by atoms with van der Waals surface area (Å²) in [7, 11) is 0. The highest BCUT2D eigenvalue weighted by atomic mass is 16.3. The quantitative estimate of drug-likeness (QED) is 0.779. The van der Waals surface area contributed by atoms with Gasteiger partial charge in [0.15, 0.2) is 0 Å². The van der Waals surface area contributed by atoms with Crippen molar-refractivity contribution >= 4 is 0 Å². The molecule has 14 heavy (non-hydrogen) atoms. The lowest BCUT2D eigenvalue weighted by Gasteiger charge is -2.08. The average molecular weight is 196 g/mol. The van der Waals surface area contributed by atoms with E-state index in [4.69, 9.17) is 0 Å². The van der Waals surface area contributed by atoms with Crippen molar-refractivity contribution in [1.29, 1.82) is 0 Å². The summed E-state index contributed by atoms with van der Waals surface area (Å²) in [6.07, 6.45) is 2.25. The molecule has 0 radical (unpaired) electrons. The summed E-state index contributed by atoms with van der Waals surface area (Å²) >= 11 is 0. The van der Waals surface area contributed by atoms with E-state index in [1.54, 1.807) is 0 Å². The monoisotopic (exact) mass is 196 g/mol. The van der Waals surface area contributed by atoms with Crippen molar-refractivity contribution in [3.05, 3.63) is 17.5 Å². The molecule has 3 heteroatoms. The van der Waals surface area contributed by atoms with Gasteiger partial charge in [-0.25, -0.2) is 0 Å². The summed E-state index contributed by atoms with van der Waals surface area (Å²) in [5.41, 5.74) is 2.27. The van der Waals surface area contributed by atoms with Crippen molar-refractivity contribution in [2.75, 3.05) is 0 Å². The van der Waals surface area contributed by atoms with Crippen molar-refractivity contribution < 1.29 is 5.11 Å². The lowest BCUT2D eigenvalue weighted by Crippen LogP contribution is -2.12. The first kappa shape index (κ1) is 11.2.